The summed E-state index contributed by atoms with van der Waals surface area (Å²) in [5, 5.41) is 13.1. The molecule has 0 saturated heterocycles. The van der Waals surface area contributed by atoms with Crippen LogP contribution < -0.4 is 10.1 Å². The average Bonchev–Trinajstić information content (AvgIpc) is 2.97. The van der Waals surface area contributed by atoms with Gasteiger partial charge in [-0.3, -0.25) is 9.89 Å². The summed E-state index contributed by atoms with van der Waals surface area (Å²) in [6.45, 7) is 3.69. The molecule has 0 spiro atoms. The Labute approximate surface area is 110 Å². The first-order chi connectivity index (χ1) is 9.17. The van der Waals surface area contributed by atoms with Crippen LogP contribution in [0.4, 0.5) is 5.82 Å². The number of nitrogens with zero attached hydrogens (tertiary/aromatic N) is 2. The van der Waals surface area contributed by atoms with Crippen molar-refractivity contribution in [2.24, 2.45) is 0 Å². The van der Waals surface area contributed by atoms with E-state index in [0.29, 0.717) is 17.5 Å². The van der Waals surface area contributed by atoms with Crippen LogP contribution in [0.15, 0.2) is 16.7 Å². The van der Waals surface area contributed by atoms with Gasteiger partial charge < -0.3 is 14.6 Å². The van der Waals surface area contributed by atoms with Crippen molar-refractivity contribution in [3.05, 3.63) is 23.6 Å². The number of hydrogen-bond donors (Lipinski definition) is 2. The molecule has 0 unspecified atom stereocenters. The van der Waals surface area contributed by atoms with Crippen molar-refractivity contribution < 1.29 is 14.1 Å². The van der Waals surface area contributed by atoms with Gasteiger partial charge >= 0.3 is 0 Å². The first kappa shape index (κ1) is 13.1. The number of aromatic nitrogens is 3. The van der Waals surface area contributed by atoms with Crippen molar-refractivity contribution in [1.82, 2.24) is 15.4 Å². The van der Waals surface area contributed by atoms with Gasteiger partial charge in [-0.25, -0.2) is 0 Å². The van der Waals surface area contributed by atoms with E-state index in [4.69, 9.17) is 9.26 Å². The fourth-order valence-electron chi connectivity index (χ4n) is 1.55. The topological polar surface area (TPSA) is 93.0 Å². The highest BCUT2D eigenvalue weighted by Crippen LogP contribution is 2.10. The van der Waals surface area contributed by atoms with Gasteiger partial charge in [0, 0.05) is 17.8 Å². The maximum Gasteiger partial charge on any atom is 0.263 e. The van der Waals surface area contributed by atoms with Crippen molar-refractivity contribution in [3.63, 3.8) is 0 Å². The van der Waals surface area contributed by atoms with Gasteiger partial charge in [0.05, 0.1) is 0 Å². The van der Waals surface area contributed by atoms with E-state index in [9.17, 15) is 4.79 Å². The summed E-state index contributed by atoms with van der Waals surface area (Å²) in [5.41, 5.74) is 0.992. The Bertz CT molecular complexity index is 547. The molecular weight excluding hydrogens is 248 g/mol. The second-order valence-electron chi connectivity index (χ2n) is 4.14. The van der Waals surface area contributed by atoms with E-state index in [1.807, 2.05) is 6.07 Å². The molecule has 102 valence electrons. The first-order valence-corrected chi connectivity index (χ1v) is 6.07. The molecule has 0 saturated carbocycles. The summed E-state index contributed by atoms with van der Waals surface area (Å²) in [7, 11) is 0. The van der Waals surface area contributed by atoms with Crippen molar-refractivity contribution in [1.29, 1.82) is 0 Å². The van der Waals surface area contributed by atoms with Crippen LogP contribution in [0.2, 0.25) is 0 Å². The van der Waals surface area contributed by atoms with E-state index in [0.717, 1.165) is 18.5 Å². The number of carbonyl (C=O) groups is 1. The largest absolute Gasteiger partial charge is 0.465 e. The average molecular weight is 264 g/mol. The standard InChI is InChI=1S/C12H16N4O3/c1-3-4-9-6-10(15-14-9)13-11(17)7-18-12-5-8(2)19-16-12/h5-6H,3-4,7H2,1-2H3,(H2,13,14,15,17). The zero-order valence-corrected chi connectivity index (χ0v) is 10.9. The Morgan fingerprint density at radius 1 is 1.53 bits per heavy atom. The third-order valence-electron chi connectivity index (χ3n) is 2.38. The normalized spacial score (nSPS) is 10.4. The zero-order chi connectivity index (χ0) is 13.7. The molecule has 2 aromatic heterocycles. The van der Waals surface area contributed by atoms with Crippen LogP contribution in [0.3, 0.4) is 0 Å². The quantitative estimate of drug-likeness (QED) is 0.827. The van der Waals surface area contributed by atoms with Crippen LogP contribution in [0.25, 0.3) is 0 Å². The molecule has 1 amide bonds. The fourth-order valence-corrected chi connectivity index (χ4v) is 1.55. The van der Waals surface area contributed by atoms with Gasteiger partial charge in [-0.15, -0.1) is 0 Å². The molecule has 0 radical (unpaired) electrons. The van der Waals surface area contributed by atoms with Gasteiger partial charge in [0.2, 0.25) is 0 Å². The Kier molecular flexibility index (Phi) is 4.17. The summed E-state index contributed by atoms with van der Waals surface area (Å²) in [6, 6.07) is 3.42. The minimum absolute atomic E-state index is 0.137. The Balaban J connectivity index is 1.80. The smallest absolute Gasteiger partial charge is 0.263 e. The number of ether oxygens (including phenoxy) is 1. The molecule has 2 heterocycles. The maximum atomic E-state index is 11.6. The number of nitrogens with one attached hydrogen (secondary N) is 2. The summed E-state index contributed by atoms with van der Waals surface area (Å²) in [4.78, 5) is 11.6. The molecule has 2 rings (SSSR count). The summed E-state index contributed by atoms with van der Waals surface area (Å²) >= 11 is 0. The van der Waals surface area contributed by atoms with Crippen LogP contribution in [-0.2, 0) is 11.2 Å². The molecule has 0 aromatic carbocycles. The van der Waals surface area contributed by atoms with Crippen molar-refractivity contribution in [2.45, 2.75) is 26.7 Å². The van der Waals surface area contributed by atoms with Gasteiger partial charge in [-0.2, -0.15) is 5.10 Å². The molecule has 7 heteroatoms. The van der Waals surface area contributed by atoms with Crippen LogP contribution >= 0.6 is 0 Å². The van der Waals surface area contributed by atoms with E-state index in [1.54, 1.807) is 13.0 Å². The molecule has 0 aliphatic heterocycles. The number of hydrogen-bond acceptors (Lipinski definition) is 5. The Morgan fingerprint density at radius 3 is 3.05 bits per heavy atom. The van der Waals surface area contributed by atoms with Gasteiger partial charge in [-0.1, -0.05) is 13.3 Å². The third kappa shape index (κ3) is 3.84. The predicted octanol–water partition coefficient (Wildman–Crippen LogP) is 1.68. The molecule has 0 fully saturated rings. The highest BCUT2D eigenvalue weighted by molar-refractivity contribution is 5.90. The molecule has 0 atom stereocenters. The molecule has 7 nitrogen and oxygen atoms in total. The lowest BCUT2D eigenvalue weighted by molar-refractivity contribution is -0.118. The molecular formula is C12H16N4O3. The number of H-pyrrole nitrogens is 1. The summed E-state index contributed by atoms with van der Waals surface area (Å²) < 4.78 is 9.98. The van der Waals surface area contributed by atoms with Gasteiger partial charge in [-0.05, 0) is 18.5 Å². The van der Waals surface area contributed by atoms with Crippen LogP contribution in [0, 0.1) is 6.92 Å². The third-order valence-corrected chi connectivity index (χ3v) is 2.38. The van der Waals surface area contributed by atoms with Crippen molar-refractivity contribution in [2.75, 3.05) is 11.9 Å². The van der Waals surface area contributed by atoms with Gasteiger partial charge in [0.15, 0.2) is 12.4 Å². The second kappa shape index (κ2) is 6.03. The summed E-state index contributed by atoms with van der Waals surface area (Å²) in [6.07, 6.45) is 1.92. The number of carbonyl (C=O) groups excluding carboxylic acids is 1. The van der Waals surface area contributed by atoms with Crippen molar-refractivity contribution >= 4 is 11.7 Å². The highest BCUT2D eigenvalue weighted by atomic mass is 16.5. The van der Waals surface area contributed by atoms with E-state index < -0.39 is 0 Å². The lowest BCUT2D eigenvalue weighted by Gasteiger charge is -2.01. The van der Waals surface area contributed by atoms with E-state index in [1.165, 1.54) is 0 Å². The SMILES string of the molecule is CCCc1cc(NC(=O)COc2cc(C)on2)n[nH]1. The minimum Gasteiger partial charge on any atom is -0.465 e. The van der Waals surface area contributed by atoms with Crippen molar-refractivity contribution in [3.8, 4) is 5.88 Å². The second-order valence-corrected chi connectivity index (χ2v) is 4.14. The number of rotatable bonds is 6. The number of aromatic amines is 1. The van der Waals surface area contributed by atoms with Crippen LogP contribution in [0.1, 0.15) is 24.8 Å². The zero-order valence-electron chi connectivity index (χ0n) is 10.9. The Hall–Kier alpha value is -2.31. The number of amides is 1. The number of aryl methyl sites for hydroxylation is 2. The lowest BCUT2D eigenvalue weighted by Crippen LogP contribution is -2.20. The molecule has 19 heavy (non-hydrogen) atoms. The van der Waals surface area contributed by atoms with E-state index >= 15 is 0 Å². The van der Waals surface area contributed by atoms with Gasteiger partial charge in [0.1, 0.15) is 5.76 Å². The predicted molar refractivity (Wildman–Crippen MR) is 67.9 cm³/mol. The Morgan fingerprint density at radius 2 is 2.37 bits per heavy atom. The summed E-state index contributed by atoms with van der Waals surface area (Å²) in [5.74, 6) is 1.12. The lowest BCUT2D eigenvalue weighted by atomic mass is 10.2. The first-order valence-electron chi connectivity index (χ1n) is 6.07. The monoisotopic (exact) mass is 264 g/mol. The number of anilines is 1. The molecule has 0 bridgehead atoms. The van der Waals surface area contributed by atoms with Crippen LogP contribution in [0.5, 0.6) is 5.88 Å². The molecule has 0 aliphatic rings. The molecule has 2 aromatic rings. The highest BCUT2D eigenvalue weighted by Gasteiger charge is 2.08. The van der Waals surface area contributed by atoms with Gasteiger partial charge in [0.25, 0.3) is 11.8 Å². The fraction of sp³-hybridized carbons (Fsp3) is 0.417. The van der Waals surface area contributed by atoms with E-state index in [-0.39, 0.29) is 12.5 Å². The molecule has 0 aliphatic carbocycles. The maximum absolute atomic E-state index is 11.6. The molecule has 2 N–H and O–H groups in total. The minimum atomic E-state index is -0.296. The van der Waals surface area contributed by atoms with Crippen LogP contribution in [-0.4, -0.2) is 27.9 Å². The van der Waals surface area contributed by atoms with E-state index in [2.05, 4.69) is 27.6 Å².